The highest BCUT2D eigenvalue weighted by atomic mass is 16.6. The van der Waals surface area contributed by atoms with Gasteiger partial charge in [0, 0.05) is 13.2 Å². The Bertz CT molecular complexity index is 317. The van der Waals surface area contributed by atoms with Crippen LogP contribution in [0.4, 0.5) is 0 Å². The molecule has 0 radical (unpaired) electrons. The minimum atomic E-state index is 0.137. The van der Waals surface area contributed by atoms with Crippen LogP contribution in [0.5, 0.6) is 0 Å². The lowest BCUT2D eigenvalue weighted by molar-refractivity contribution is 0.246. The van der Waals surface area contributed by atoms with Crippen molar-refractivity contribution in [1.29, 1.82) is 0 Å². The molecule has 0 unspecified atom stereocenters. The fourth-order valence-electron chi connectivity index (χ4n) is 2.54. The SMILES string of the molecule is Cn1cccc1[C@@]12CCC[C@H]1O2. The van der Waals surface area contributed by atoms with Crippen LogP contribution in [0.15, 0.2) is 18.3 Å². The molecule has 1 saturated heterocycles. The highest BCUT2D eigenvalue weighted by molar-refractivity contribution is 5.26. The molecule has 1 saturated carbocycles. The van der Waals surface area contributed by atoms with E-state index in [1.54, 1.807) is 0 Å². The van der Waals surface area contributed by atoms with E-state index in [2.05, 4.69) is 29.9 Å². The largest absolute Gasteiger partial charge is 0.359 e. The van der Waals surface area contributed by atoms with Crippen LogP contribution < -0.4 is 0 Å². The van der Waals surface area contributed by atoms with Gasteiger partial charge in [0.15, 0.2) is 0 Å². The van der Waals surface area contributed by atoms with Gasteiger partial charge in [0.2, 0.25) is 0 Å². The highest BCUT2D eigenvalue weighted by Crippen LogP contribution is 2.56. The zero-order valence-electron chi connectivity index (χ0n) is 7.29. The molecule has 1 aliphatic carbocycles. The van der Waals surface area contributed by atoms with Gasteiger partial charge in [0.25, 0.3) is 0 Å². The highest BCUT2D eigenvalue weighted by Gasteiger charge is 2.61. The maximum absolute atomic E-state index is 5.74. The van der Waals surface area contributed by atoms with Crippen LogP contribution in [0.25, 0.3) is 0 Å². The van der Waals surface area contributed by atoms with Gasteiger partial charge in [-0.25, -0.2) is 0 Å². The molecular formula is C10H13NO. The lowest BCUT2D eigenvalue weighted by Crippen LogP contribution is -2.11. The monoisotopic (exact) mass is 163 g/mol. The molecule has 0 aromatic carbocycles. The molecule has 1 aromatic rings. The smallest absolute Gasteiger partial charge is 0.134 e. The molecule has 0 bridgehead atoms. The summed E-state index contributed by atoms with van der Waals surface area (Å²) in [5, 5.41) is 0. The van der Waals surface area contributed by atoms with Gasteiger partial charge in [-0.05, 0) is 31.4 Å². The Morgan fingerprint density at radius 1 is 1.67 bits per heavy atom. The molecule has 0 spiro atoms. The quantitative estimate of drug-likeness (QED) is 0.577. The van der Waals surface area contributed by atoms with Gasteiger partial charge < -0.3 is 9.30 Å². The van der Waals surface area contributed by atoms with E-state index in [1.165, 1.54) is 25.0 Å². The van der Waals surface area contributed by atoms with Crippen molar-refractivity contribution in [3.8, 4) is 0 Å². The van der Waals surface area contributed by atoms with Gasteiger partial charge in [-0.1, -0.05) is 0 Å². The summed E-state index contributed by atoms with van der Waals surface area (Å²) >= 11 is 0. The van der Waals surface area contributed by atoms with Crippen LogP contribution in [0.2, 0.25) is 0 Å². The van der Waals surface area contributed by atoms with E-state index in [9.17, 15) is 0 Å². The second-order valence-electron chi connectivity index (χ2n) is 3.89. The Hall–Kier alpha value is -0.760. The molecule has 2 atom stereocenters. The van der Waals surface area contributed by atoms with Crippen LogP contribution in [0, 0.1) is 0 Å². The number of hydrogen-bond acceptors (Lipinski definition) is 1. The van der Waals surface area contributed by atoms with E-state index in [4.69, 9.17) is 4.74 Å². The molecule has 0 amide bonds. The third kappa shape index (κ3) is 0.643. The van der Waals surface area contributed by atoms with Crippen LogP contribution in [-0.2, 0) is 17.4 Å². The standard InChI is InChI=1S/C10H13NO/c1-11-7-3-4-8(11)10-6-2-5-9(10)12-10/h3-4,7,9H,2,5-6H2,1H3/t9-,10+/m1/s1. The molecule has 3 rings (SSSR count). The van der Waals surface area contributed by atoms with Gasteiger partial charge >= 0.3 is 0 Å². The predicted molar refractivity (Wildman–Crippen MR) is 45.8 cm³/mol. The first-order valence-electron chi connectivity index (χ1n) is 4.62. The topological polar surface area (TPSA) is 17.5 Å². The maximum atomic E-state index is 5.74. The van der Waals surface area contributed by atoms with E-state index in [0.717, 1.165) is 0 Å². The average Bonchev–Trinajstić information content (AvgIpc) is 2.49. The second-order valence-corrected chi connectivity index (χ2v) is 3.89. The third-order valence-corrected chi connectivity index (χ3v) is 3.21. The predicted octanol–water partition coefficient (Wildman–Crippen LogP) is 1.80. The number of hydrogen-bond donors (Lipinski definition) is 0. The minimum absolute atomic E-state index is 0.137. The van der Waals surface area contributed by atoms with Gasteiger partial charge in [-0.2, -0.15) is 0 Å². The summed E-state index contributed by atoms with van der Waals surface area (Å²) in [7, 11) is 2.10. The molecule has 0 N–H and O–H groups in total. The number of epoxide rings is 1. The van der Waals surface area contributed by atoms with Gasteiger partial charge in [0.1, 0.15) is 5.60 Å². The normalized spacial score (nSPS) is 38.2. The summed E-state index contributed by atoms with van der Waals surface area (Å²) in [6, 6.07) is 4.28. The Kier molecular flexibility index (Phi) is 1.09. The Balaban J connectivity index is 2.04. The Morgan fingerprint density at radius 2 is 2.58 bits per heavy atom. The molecule has 2 heteroatoms. The van der Waals surface area contributed by atoms with Crippen molar-refractivity contribution in [1.82, 2.24) is 4.57 Å². The number of aromatic nitrogens is 1. The summed E-state index contributed by atoms with van der Waals surface area (Å²) in [5.74, 6) is 0. The summed E-state index contributed by atoms with van der Waals surface area (Å²) < 4.78 is 7.93. The first-order valence-corrected chi connectivity index (χ1v) is 4.62. The van der Waals surface area contributed by atoms with Crippen LogP contribution in [0.3, 0.4) is 0 Å². The van der Waals surface area contributed by atoms with Crippen molar-refractivity contribution in [2.24, 2.45) is 7.05 Å². The first-order chi connectivity index (χ1) is 5.83. The van der Waals surface area contributed by atoms with Gasteiger partial charge in [-0.3, -0.25) is 0 Å². The lowest BCUT2D eigenvalue weighted by atomic mass is 10.0. The van der Waals surface area contributed by atoms with E-state index in [-0.39, 0.29) is 5.60 Å². The molecule has 1 aliphatic heterocycles. The molecule has 1 aromatic heterocycles. The zero-order chi connectivity index (χ0) is 8.18. The Labute approximate surface area is 72.1 Å². The summed E-state index contributed by atoms with van der Waals surface area (Å²) in [6.45, 7) is 0. The van der Waals surface area contributed by atoms with Crippen LogP contribution in [0.1, 0.15) is 25.0 Å². The van der Waals surface area contributed by atoms with Crippen molar-refractivity contribution in [2.45, 2.75) is 31.0 Å². The summed E-state index contributed by atoms with van der Waals surface area (Å²) in [5.41, 5.74) is 1.50. The molecule has 2 fully saturated rings. The van der Waals surface area contributed by atoms with E-state index < -0.39 is 0 Å². The van der Waals surface area contributed by atoms with Gasteiger partial charge in [0.05, 0.1) is 11.8 Å². The molecule has 2 nitrogen and oxygen atoms in total. The third-order valence-electron chi connectivity index (χ3n) is 3.21. The number of rotatable bonds is 1. The zero-order valence-corrected chi connectivity index (χ0v) is 7.29. The molecule has 64 valence electrons. The number of fused-ring (bicyclic) bond motifs is 1. The fraction of sp³-hybridized carbons (Fsp3) is 0.600. The molecule has 12 heavy (non-hydrogen) atoms. The van der Waals surface area contributed by atoms with Crippen molar-refractivity contribution >= 4 is 0 Å². The van der Waals surface area contributed by atoms with Gasteiger partial charge in [-0.15, -0.1) is 0 Å². The van der Waals surface area contributed by atoms with Crippen molar-refractivity contribution < 1.29 is 4.74 Å². The lowest BCUT2D eigenvalue weighted by Gasteiger charge is -2.09. The molecular weight excluding hydrogens is 150 g/mol. The Morgan fingerprint density at radius 3 is 3.08 bits per heavy atom. The van der Waals surface area contributed by atoms with Crippen molar-refractivity contribution in [3.05, 3.63) is 24.0 Å². The fourth-order valence-corrected chi connectivity index (χ4v) is 2.54. The van der Waals surface area contributed by atoms with Crippen molar-refractivity contribution in [3.63, 3.8) is 0 Å². The summed E-state index contributed by atoms with van der Waals surface area (Å²) in [4.78, 5) is 0. The van der Waals surface area contributed by atoms with Crippen LogP contribution in [-0.4, -0.2) is 10.7 Å². The molecule has 2 aliphatic rings. The second kappa shape index (κ2) is 1.94. The van der Waals surface area contributed by atoms with Crippen molar-refractivity contribution in [2.75, 3.05) is 0 Å². The maximum Gasteiger partial charge on any atom is 0.134 e. The molecule has 2 heterocycles. The van der Waals surface area contributed by atoms with E-state index in [1.807, 2.05) is 0 Å². The van der Waals surface area contributed by atoms with E-state index >= 15 is 0 Å². The van der Waals surface area contributed by atoms with Crippen LogP contribution >= 0.6 is 0 Å². The number of ether oxygens (including phenoxy) is 1. The first kappa shape index (κ1) is 6.72. The van der Waals surface area contributed by atoms with E-state index in [0.29, 0.717) is 6.10 Å². The summed E-state index contributed by atoms with van der Waals surface area (Å²) in [6.07, 6.45) is 6.43. The number of aryl methyl sites for hydroxylation is 1. The minimum Gasteiger partial charge on any atom is -0.359 e. The average molecular weight is 163 g/mol. The number of nitrogens with zero attached hydrogens (tertiary/aromatic N) is 1.